The zero-order chi connectivity index (χ0) is 27.5. The van der Waals surface area contributed by atoms with Crippen molar-refractivity contribution in [3.8, 4) is 0 Å². The summed E-state index contributed by atoms with van der Waals surface area (Å²) in [5, 5.41) is 7.67. The van der Waals surface area contributed by atoms with Crippen molar-refractivity contribution in [2.75, 3.05) is 31.1 Å². The van der Waals surface area contributed by atoms with Gasteiger partial charge in [0.1, 0.15) is 12.6 Å². The maximum atomic E-state index is 14.0. The molecule has 1 N–H and O–H groups in total. The molecule has 1 aromatic heterocycles. The standard InChI is InChI=1S/C27H25BrF3N5O3/c28-18-3-1-4-20-23(18)26(25(39)36(20)15-22(37)35-10-2-5-21(35)27(29,30)31)8-11-34(12-9-26)24(38)16-6-7-19-17(13-16)14-32-33-19/h1,3-4,6-7,13-14,21H,2,5,8-12,15H2,(H,32,33)/t21-/m0/s1. The molecule has 6 rings (SSSR count). The fraction of sp³-hybridized carbons (Fsp3) is 0.407. The van der Waals surface area contributed by atoms with Gasteiger partial charge >= 0.3 is 6.18 Å². The van der Waals surface area contributed by atoms with Crippen molar-refractivity contribution in [1.29, 1.82) is 0 Å². The molecule has 39 heavy (non-hydrogen) atoms. The van der Waals surface area contributed by atoms with Crippen molar-refractivity contribution in [1.82, 2.24) is 20.0 Å². The normalized spacial score (nSPS) is 20.8. The summed E-state index contributed by atoms with van der Waals surface area (Å²) in [5.41, 5.74) is 1.62. The molecule has 0 bridgehead atoms. The molecule has 2 aromatic carbocycles. The first-order valence-corrected chi connectivity index (χ1v) is 13.6. The number of piperidine rings is 1. The van der Waals surface area contributed by atoms with Gasteiger partial charge in [0.25, 0.3) is 5.91 Å². The number of aromatic nitrogens is 2. The third-order valence-corrected chi connectivity index (χ3v) is 8.91. The molecule has 1 spiro atoms. The highest BCUT2D eigenvalue weighted by atomic mass is 79.9. The number of rotatable bonds is 3. The maximum Gasteiger partial charge on any atom is 0.408 e. The number of nitrogens with one attached hydrogen (secondary N) is 1. The summed E-state index contributed by atoms with van der Waals surface area (Å²) < 4.78 is 41.2. The van der Waals surface area contributed by atoms with Crippen molar-refractivity contribution >= 4 is 50.2 Å². The number of anilines is 1. The van der Waals surface area contributed by atoms with Gasteiger partial charge in [0.15, 0.2) is 0 Å². The molecular formula is C27H25BrF3N5O3. The summed E-state index contributed by atoms with van der Waals surface area (Å²) in [4.78, 5) is 44.3. The number of likely N-dealkylation sites (tertiary alicyclic amines) is 2. The van der Waals surface area contributed by atoms with E-state index in [0.29, 0.717) is 41.7 Å². The third-order valence-electron chi connectivity index (χ3n) is 8.25. The van der Waals surface area contributed by atoms with E-state index in [0.717, 1.165) is 21.4 Å². The Morgan fingerprint density at radius 3 is 2.64 bits per heavy atom. The van der Waals surface area contributed by atoms with Crippen LogP contribution >= 0.6 is 15.9 Å². The number of amides is 3. The number of hydrogen-bond donors (Lipinski definition) is 1. The van der Waals surface area contributed by atoms with Crippen LogP contribution in [0.3, 0.4) is 0 Å². The van der Waals surface area contributed by atoms with E-state index in [4.69, 9.17) is 0 Å². The van der Waals surface area contributed by atoms with E-state index < -0.39 is 30.1 Å². The predicted molar refractivity (Wildman–Crippen MR) is 140 cm³/mol. The molecule has 3 aromatic rings. The molecule has 2 saturated heterocycles. The number of alkyl halides is 3. The van der Waals surface area contributed by atoms with Crippen molar-refractivity contribution < 1.29 is 27.6 Å². The molecular weight excluding hydrogens is 579 g/mol. The lowest BCUT2D eigenvalue weighted by Crippen LogP contribution is -2.53. The second-order valence-corrected chi connectivity index (χ2v) is 11.2. The minimum absolute atomic E-state index is 0.0171. The highest BCUT2D eigenvalue weighted by molar-refractivity contribution is 9.10. The maximum absolute atomic E-state index is 14.0. The monoisotopic (exact) mass is 603 g/mol. The molecule has 0 aliphatic carbocycles. The molecule has 0 saturated carbocycles. The van der Waals surface area contributed by atoms with Crippen LogP contribution in [0.4, 0.5) is 18.9 Å². The van der Waals surface area contributed by atoms with Gasteiger partial charge in [-0.15, -0.1) is 0 Å². The van der Waals surface area contributed by atoms with Crippen molar-refractivity contribution in [2.45, 2.75) is 43.3 Å². The van der Waals surface area contributed by atoms with E-state index in [1.807, 2.05) is 6.07 Å². The number of H-pyrrole nitrogens is 1. The fourth-order valence-corrected chi connectivity index (χ4v) is 7.02. The Morgan fingerprint density at radius 2 is 1.90 bits per heavy atom. The quantitative estimate of drug-likeness (QED) is 0.480. The number of nitrogens with zero attached hydrogens (tertiary/aromatic N) is 4. The van der Waals surface area contributed by atoms with Gasteiger partial charge in [-0.1, -0.05) is 22.0 Å². The van der Waals surface area contributed by atoms with Gasteiger partial charge in [0, 0.05) is 46.3 Å². The van der Waals surface area contributed by atoms with Crippen LogP contribution in [0.2, 0.25) is 0 Å². The third kappa shape index (κ3) is 4.19. The SMILES string of the molecule is O=C(c1ccc2[nH]ncc2c1)N1CCC2(CC1)C(=O)N(CC(=O)N1CCC[C@H]1C(F)(F)F)c1cccc(Br)c12. The highest BCUT2D eigenvalue weighted by Gasteiger charge is 2.55. The van der Waals surface area contributed by atoms with Crippen LogP contribution in [0.15, 0.2) is 47.1 Å². The van der Waals surface area contributed by atoms with Crippen LogP contribution in [0.1, 0.15) is 41.6 Å². The van der Waals surface area contributed by atoms with Crippen molar-refractivity contribution in [3.63, 3.8) is 0 Å². The summed E-state index contributed by atoms with van der Waals surface area (Å²) in [7, 11) is 0. The smallest absolute Gasteiger partial charge is 0.339 e. The molecule has 2 fully saturated rings. The lowest BCUT2D eigenvalue weighted by Gasteiger charge is -2.39. The zero-order valence-electron chi connectivity index (χ0n) is 20.8. The molecule has 8 nitrogen and oxygen atoms in total. The number of aromatic amines is 1. The average Bonchev–Trinajstić information content (AvgIpc) is 3.64. The molecule has 0 radical (unpaired) electrons. The van der Waals surface area contributed by atoms with Gasteiger partial charge in [0.2, 0.25) is 11.8 Å². The highest BCUT2D eigenvalue weighted by Crippen LogP contribution is 2.51. The van der Waals surface area contributed by atoms with Crippen molar-refractivity contribution in [3.05, 3.63) is 58.2 Å². The molecule has 0 unspecified atom stereocenters. The Bertz CT molecular complexity index is 1480. The zero-order valence-corrected chi connectivity index (χ0v) is 22.4. The van der Waals surface area contributed by atoms with Crippen LogP contribution in [-0.4, -0.2) is 76.1 Å². The second kappa shape index (κ2) is 9.35. The Kier molecular flexibility index (Phi) is 6.20. The lowest BCUT2D eigenvalue weighted by molar-refractivity contribution is -0.182. The summed E-state index contributed by atoms with van der Waals surface area (Å²) in [6, 6.07) is 8.77. The second-order valence-electron chi connectivity index (χ2n) is 10.4. The fourth-order valence-electron chi connectivity index (χ4n) is 6.29. The summed E-state index contributed by atoms with van der Waals surface area (Å²) in [6.45, 7) is 0.199. The van der Waals surface area contributed by atoms with Gasteiger partial charge in [-0.2, -0.15) is 18.3 Å². The largest absolute Gasteiger partial charge is 0.408 e. The molecule has 3 aliphatic heterocycles. The first-order chi connectivity index (χ1) is 18.6. The van der Waals surface area contributed by atoms with Crippen LogP contribution in [0.5, 0.6) is 0 Å². The van der Waals surface area contributed by atoms with Gasteiger partial charge in [-0.05, 0) is 56.0 Å². The minimum Gasteiger partial charge on any atom is -0.339 e. The Morgan fingerprint density at radius 1 is 1.13 bits per heavy atom. The Hall–Kier alpha value is -3.41. The van der Waals surface area contributed by atoms with Gasteiger partial charge in [0.05, 0.1) is 17.1 Å². The summed E-state index contributed by atoms with van der Waals surface area (Å²) in [5.74, 6) is -1.18. The summed E-state index contributed by atoms with van der Waals surface area (Å²) >= 11 is 3.57. The topological polar surface area (TPSA) is 89.6 Å². The number of benzene rings is 2. The molecule has 1 atom stereocenters. The number of carbonyl (C=O) groups excluding carboxylic acids is 3. The number of hydrogen-bond acceptors (Lipinski definition) is 4. The van der Waals surface area contributed by atoms with E-state index in [2.05, 4.69) is 26.1 Å². The van der Waals surface area contributed by atoms with Crippen LogP contribution < -0.4 is 4.90 Å². The first-order valence-electron chi connectivity index (χ1n) is 12.8. The van der Waals surface area contributed by atoms with Gasteiger partial charge < -0.3 is 14.7 Å². The number of halogens is 4. The molecule has 4 heterocycles. The Balaban J connectivity index is 1.24. The van der Waals surface area contributed by atoms with Crippen LogP contribution in [0, 0.1) is 0 Å². The van der Waals surface area contributed by atoms with Gasteiger partial charge in [-0.25, -0.2) is 0 Å². The molecule has 12 heteroatoms. The van der Waals surface area contributed by atoms with E-state index in [-0.39, 0.29) is 31.2 Å². The van der Waals surface area contributed by atoms with Crippen LogP contribution in [0.25, 0.3) is 10.9 Å². The van der Waals surface area contributed by atoms with E-state index in [1.54, 1.807) is 41.4 Å². The van der Waals surface area contributed by atoms with Crippen molar-refractivity contribution in [2.24, 2.45) is 0 Å². The van der Waals surface area contributed by atoms with E-state index in [1.165, 1.54) is 4.90 Å². The number of fused-ring (bicyclic) bond motifs is 3. The molecule has 204 valence electrons. The van der Waals surface area contributed by atoms with E-state index in [9.17, 15) is 27.6 Å². The summed E-state index contributed by atoms with van der Waals surface area (Å²) in [6.07, 6.45) is -2.05. The predicted octanol–water partition coefficient (Wildman–Crippen LogP) is 4.40. The molecule has 3 aliphatic rings. The average molecular weight is 604 g/mol. The first kappa shape index (κ1) is 25.8. The Labute approximate surface area is 230 Å². The van der Waals surface area contributed by atoms with Gasteiger partial charge in [-0.3, -0.25) is 19.5 Å². The van der Waals surface area contributed by atoms with Crippen LogP contribution in [-0.2, 0) is 15.0 Å². The van der Waals surface area contributed by atoms with E-state index >= 15 is 0 Å². The molecule has 3 amide bonds. The number of carbonyl (C=O) groups is 3. The lowest BCUT2D eigenvalue weighted by atomic mass is 9.73. The minimum atomic E-state index is -4.51.